The largest absolute Gasteiger partial charge is 0.396 e. The van der Waals surface area contributed by atoms with Gasteiger partial charge in [-0.1, -0.05) is 13.3 Å². The number of guanidine groups is 1. The van der Waals surface area contributed by atoms with Crippen LogP contribution in [0.3, 0.4) is 0 Å². The second kappa shape index (κ2) is 12.2. The van der Waals surface area contributed by atoms with E-state index in [1.165, 1.54) is 0 Å². The molecule has 0 aromatic carbocycles. The minimum Gasteiger partial charge on any atom is -0.396 e. The lowest BCUT2D eigenvalue weighted by atomic mass is 9.95. The molecule has 2 fully saturated rings. The van der Waals surface area contributed by atoms with Crippen molar-refractivity contribution in [1.82, 2.24) is 15.1 Å². The highest BCUT2D eigenvalue weighted by molar-refractivity contribution is 5.81. The van der Waals surface area contributed by atoms with Crippen LogP contribution in [0.2, 0.25) is 0 Å². The van der Waals surface area contributed by atoms with Gasteiger partial charge < -0.3 is 25.0 Å². The highest BCUT2D eigenvalue weighted by atomic mass is 16.5. The van der Waals surface area contributed by atoms with Gasteiger partial charge in [0.25, 0.3) is 0 Å². The molecule has 2 heterocycles. The van der Waals surface area contributed by atoms with Gasteiger partial charge in [0, 0.05) is 51.8 Å². The summed E-state index contributed by atoms with van der Waals surface area (Å²) in [5, 5.41) is 12.7. The van der Waals surface area contributed by atoms with Crippen molar-refractivity contribution in [2.45, 2.75) is 46.0 Å². The lowest BCUT2D eigenvalue weighted by Crippen LogP contribution is -2.50. The maximum Gasteiger partial charge on any atom is 0.225 e. The van der Waals surface area contributed by atoms with E-state index in [1.807, 2.05) is 4.90 Å². The molecule has 0 aromatic heterocycles. The second-order valence-corrected chi connectivity index (χ2v) is 7.56. The Balaban J connectivity index is 1.87. The summed E-state index contributed by atoms with van der Waals surface area (Å²) in [5.74, 6) is 1.82. The minimum atomic E-state index is 0.129. The van der Waals surface area contributed by atoms with Gasteiger partial charge in [0.15, 0.2) is 5.96 Å². The van der Waals surface area contributed by atoms with E-state index in [2.05, 4.69) is 24.1 Å². The number of carbonyl (C=O) groups excluding carboxylic acids is 1. The summed E-state index contributed by atoms with van der Waals surface area (Å²) in [7, 11) is 0. The fourth-order valence-corrected chi connectivity index (χ4v) is 3.94. The Morgan fingerprint density at radius 3 is 2.44 bits per heavy atom. The summed E-state index contributed by atoms with van der Waals surface area (Å²) in [5.41, 5.74) is 0. The van der Waals surface area contributed by atoms with Crippen molar-refractivity contribution in [2.24, 2.45) is 16.8 Å². The van der Waals surface area contributed by atoms with Gasteiger partial charge in [0.05, 0.1) is 13.2 Å². The third-order valence-corrected chi connectivity index (χ3v) is 5.53. The number of carbonyl (C=O) groups is 1. The second-order valence-electron chi connectivity index (χ2n) is 7.56. The average molecular weight is 383 g/mol. The lowest BCUT2D eigenvalue weighted by Gasteiger charge is -2.36. The number of hydrogen-bond acceptors (Lipinski definition) is 4. The molecule has 0 saturated carbocycles. The molecule has 0 bridgehead atoms. The molecule has 1 atom stereocenters. The molecule has 2 aliphatic rings. The molecule has 2 rings (SSSR count). The van der Waals surface area contributed by atoms with Crippen molar-refractivity contribution < 1.29 is 14.6 Å². The van der Waals surface area contributed by atoms with Crippen LogP contribution in [0.4, 0.5) is 0 Å². The monoisotopic (exact) mass is 382 g/mol. The Morgan fingerprint density at radius 2 is 1.85 bits per heavy atom. The molecule has 0 spiro atoms. The number of rotatable bonds is 8. The number of aliphatic hydroxyl groups excluding tert-OH is 1. The number of likely N-dealkylation sites (tertiary alicyclic amines) is 1. The van der Waals surface area contributed by atoms with Gasteiger partial charge in [0.1, 0.15) is 0 Å². The smallest absolute Gasteiger partial charge is 0.225 e. The predicted molar refractivity (Wildman–Crippen MR) is 108 cm³/mol. The fraction of sp³-hybridized carbons (Fsp3) is 0.900. The van der Waals surface area contributed by atoms with E-state index in [1.54, 1.807) is 0 Å². The fourth-order valence-electron chi connectivity index (χ4n) is 3.94. The third kappa shape index (κ3) is 6.96. The van der Waals surface area contributed by atoms with Gasteiger partial charge in [0.2, 0.25) is 5.91 Å². The van der Waals surface area contributed by atoms with Crippen LogP contribution in [-0.2, 0) is 9.53 Å². The molecule has 1 amide bonds. The number of aliphatic hydroxyl groups is 1. The number of piperidine rings is 1. The minimum absolute atomic E-state index is 0.129. The number of aliphatic imine (C=N–C) groups is 1. The van der Waals surface area contributed by atoms with Gasteiger partial charge in [-0.2, -0.15) is 0 Å². The van der Waals surface area contributed by atoms with Crippen LogP contribution < -0.4 is 5.32 Å². The van der Waals surface area contributed by atoms with E-state index < -0.39 is 0 Å². The maximum atomic E-state index is 12.7. The van der Waals surface area contributed by atoms with Crippen LogP contribution >= 0.6 is 0 Å². The standard InChI is InChI=1S/C20H38N4O3/c1-3-5-17(8-13-25)16-22-20(21-4-2)24-9-6-18(7-10-24)19(26)23-11-14-27-15-12-23/h17-18,25H,3-16H2,1-2H3,(H,21,22). The summed E-state index contributed by atoms with van der Waals surface area (Å²) in [6.45, 7) is 10.6. The Kier molecular flexibility index (Phi) is 9.91. The number of nitrogens with zero attached hydrogens (tertiary/aromatic N) is 3. The maximum absolute atomic E-state index is 12.7. The molecule has 27 heavy (non-hydrogen) atoms. The van der Waals surface area contributed by atoms with Gasteiger partial charge in [-0.25, -0.2) is 0 Å². The van der Waals surface area contributed by atoms with Gasteiger partial charge in [-0.15, -0.1) is 0 Å². The Hall–Kier alpha value is -1.34. The molecular weight excluding hydrogens is 344 g/mol. The Morgan fingerprint density at radius 1 is 1.15 bits per heavy atom. The van der Waals surface area contributed by atoms with Crippen molar-refractivity contribution in [2.75, 3.05) is 59.1 Å². The van der Waals surface area contributed by atoms with Crippen LogP contribution in [0.25, 0.3) is 0 Å². The topological polar surface area (TPSA) is 77.4 Å². The summed E-state index contributed by atoms with van der Waals surface area (Å²) < 4.78 is 5.35. The summed E-state index contributed by atoms with van der Waals surface area (Å²) >= 11 is 0. The first-order valence-corrected chi connectivity index (χ1v) is 10.7. The Labute approximate surface area is 164 Å². The van der Waals surface area contributed by atoms with E-state index in [4.69, 9.17) is 9.73 Å². The highest BCUT2D eigenvalue weighted by Crippen LogP contribution is 2.21. The Bertz CT molecular complexity index is 452. The highest BCUT2D eigenvalue weighted by Gasteiger charge is 2.30. The first kappa shape index (κ1) is 22.0. The van der Waals surface area contributed by atoms with Crippen LogP contribution in [0.15, 0.2) is 4.99 Å². The molecule has 156 valence electrons. The van der Waals surface area contributed by atoms with E-state index in [9.17, 15) is 9.90 Å². The first-order chi connectivity index (χ1) is 13.2. The first-order valence-electron chi connectivity index (χ1n) is 10.7. The van der Waals surface area contributed by atoms with Gasteiger partial charge in [-0.05, 0) is 38.5 Å². The quantitative estimate of drug-likeness (QED) is 0.489. The lowest BCUT2D eigenvalue weighted by molar-refractivity contribution is -0.140. The van der Waals surface area contributed by atoms with Crippen molar-refractivity contribution >= 4 is 11.9 Å². The normalized spacial score (nSPS) is 20.6. The third-order valence-electron chi connectivity index (χ3n) is 5.53. The van der Waals surface area contributed by atoms with E-state index in [-0.39, 0.29) is 12.5 Å². The molecule has 1 unspecified atom stereocenters. The van der Waals surface area contributed by atoms with Crippen LogP contribution in [0.5, 0.6) is 0 Å². The molecule has 2 saturated heterocycles. The van der Waals surface area contributed by atoms with E-state index >= 15 is 0 Å². The zero-order valence-corrected chi connectivity index (χ0v) is 17.2. The molecule has 0 aliphatic carbocycles. The van der Waals surface area contributed by atoms with Crippen molar-refractivity contribution in [3.63, 3.8) is 0 Å². The van der Waals surface area contributed by atoms with Crippen LogP contribution in [0, 0.1) is 11.8 Å². The van der Waals surface area contributed by atoms with Crippen LogP contribution in [-0.4, -0.2) is 85.9 Å². The number of morpholine rings is 1. The number of hydrogen-bond donors (Lipinski definition) is 2. The SMILES string of the molecule is CCCC(CCO)CN=C(NCC)N1CCC(C(=O)N2CCOCC2)CC1. The number of amides is 1. The van der Waals surface area contributed by atoms with E-state index in [0.29, 0.717) is 25.0 Å². The molecule has 2 aliphatic heterocycles. The van der Waals surface area contributed by atoms with Crippen LogP contribution in [0.1, 0.15) is 46.0 Å². The van der Waals surface area contributed by atoms with Crippen molar-refractivity contribution in [3.05, 3.63) is 0 Å². The van der Waals surface area contributed by atoms with Gasteiger partial charge in [-0.3, -0.25) is 9.79 Å². The van der Waals surface area contributed by atoms with Gasteiger partial charge >= 0.3 is 0 Å². The zero-order valence-electron chi connectivity index (χ0n) is 17.2. The van der Waals surface area contributed by atoms with Crippen molar-refractivity contribution in [3.8, 4) is 0 Å². The molecule has 0 radical (unpaired) electrons. The molecule has 7 heteroatoms. The van der Waals surface area contributed by atoms with Crippen molar-refractivity contribution in [1.29, 1.82) is 0 Å². The number of nitrogens with one attached hydrogen (secondary N) is 1. The summed E-state index contributed by atoms with van der Waals surface area (Å²) in [6, 6.07) is 0. The molecule has 0 aromatic rings. The predicted octanol–water partition coefficient (Wildman–Crippen LogP) is 1.32. The van der Waals surface area contributed by atoms with E-state index in [0.717, 1.165) is 77.3 Å². The summed E-state index contributed by atoms with van der Waals surface area (Å²) in [6.07, 6.45) is 4.80. The molecule has 2 N–H and O–H groups in total. The molecule has 7 nitrogen and oxygen atoms in total. The summed E-state index contributed by atoms with van der Waals surface area (Å²) in [4.78, 5) is 21.8. The number of ether oxygens (including phenoxy) is 1. The zero-order chi connectivity index (χ0) is 19.5. The molecular formula is C20H38N4O3. The average Bonchev–Trinajstić information content (AvgIpc) is 2.71.